The summed E-state index contributed by atoms with van der Waals surface area (Å²) in [5.74, 6) is 0. The van der Waals surface area contributed by atoms with E-state index < -0.39 is 6.10 Å². The molecular formula is C12H12N2O2. The molecule has 2 rings (SSSR count). The zero-order valence-corrected chi connectivity index (χ0v) is 8.65. The van der Waals surface area contributed by atoms with E-state index in [1.54, 1.807) is 0 Å². The lowest BCUT2D eigenvalue weighted by Gasteiger charge is -2.11. The van der Waals surface area contributed by atoms with Crippen LogP contribution in [0.4, 0.5) is 0 Å². The average molecular weight is 216 g/mol. The maximum absolute atomic E-state index is 11.4. The Morgan fingerprint density at radius 1 is 1.25 bits per heavy atom. The molecule has 1 unspecified atom stereocenters. The lowest BCUT2D eigenvalue weighted by Crippen LogP contribution is -2.22. The summed E-state index contributed by atoms with van der Waals surface area (Å²) in [7, 11) is 0. The second kappa shape index (κ2) is 4.72. The van der Waals surface area contributed by atoms with Crippen LogP contribution >= 0.6 is 0 Å². The number of benzene rings is 1. The summed E-state index contributed by atoms with van der Waals surface area (Å²) in [4.78, 5) is 15.2. The van der Waals surface area contributed by atoms with Crippen molar-refractivity contribution in [2.75, 3.05) is 0 Å². The van der Waals surface area contributed by atoms with Gasteiger partial charge in [-0.25, -0.2) is 4.98 Å². The molecule has 1 N–H and O–H groups in total. The fourth-order valence-electron chi connectivity index (χ4n) is 1.48. The first-order valence-corrected chi connectivity index (χ1v) is 5.01. The van der Waals surface area contributed by atoms with Gasteiger partial charge in [-0.3, -0.25) is 9.36 Å². The highest BCUT2D eigenvalue weighted by atomic mass is 16.3. The normalized spacial score (nSPS) is 12.3. The smallest absolute Gasteiger partial charge is 0.253 e. The molecule has 82 valence electrons. The van der Waals surface area contributed by atoms with Gasteiger partial charge in [-0.2, -0.15) is 0 Å². The van der Waals surface area contributed by atoms with Gasteiger partial charge in [-0.1, -0.05) is 30.3 Å². The van der Waals surface area contributed by atoms with Crippen LogP contribution < -0.4 is 5.56 Å². The zero-order valence-electron chi connectivity index (χ0n) is 8.65. The van der Waals surface area contributed by atoms with Crippen molar-refractivity contribution in [3.05, 3.63) is 64.8 Å². The molecule has 4 heteroatoms. The monoisotopic (exact) mass is 216 g/mol. The van der Waals surface area contributed by atoms with E-state index in [0.717, 1.165) is 5.56 Å². The fourth-order valence-corrected chi connectivity index (χ4v) is 1.48. The molecule has 0 aliphatic carbocycles. The van der Waals surface area contributed by atoms with Gasteiger partial charge in [0.05, 0.1) is 19.0 Å². The minimum Gasteiger partial charge on any atom is -0.387 e. The van der Waals surface area contributed by atoms with Crippen molar-refractivity contribution in [3.63, 3.8) is 0 Å². The van der Waals surface area contributed by atoms with E-state index in [-0.39, 0.29) is 12.1 Å². The lowest BCUT2D eigenvalue weighted by molar-refractivity contribution is 0.154. The third-order valence-corrected chi connectivity index (χ3v) is 2.35. The molecular weight excluding hydrogens is 204 g/mol. The Morgan fingerprint density at radius 2 is 2.00 bits per heavy atom. The molecule has 4 nitrogen and oxygen atoms in total. The van der Waals surface area contributed by atoms with Crippen molar-refractivity contribution in [2.45, 2.75) is 12.6 Å². The average Bonchev–Trinajstić information content (AvgIpc) is 2.33. The fraction of sp³-hybridized carbons (Fsp3) is 0.167. The van der Waals surface area contributed by atoms with Crippen LogP contribution in [0.1, 0.15) is 11.7 Å². The summed E-state index contributed by atoms with van der Waals surface area (Å²) < 4.78 is 1.39. The van der Waals surface area contributed by atoms with Gasteiger partial charge in [0.15, 0.2) is 0 Å². The number of rotatable bonds is 3. The molecule has 1 aromatic carbocycles. The molecule has 0 bridgehead atoms. The van der Waals surface area contributed by atoms with Crippen LogP contribution in [0.15, 0.2) is 53.7 Å². The van der Waals surface area contributed by atoms with E-state index in [9.17, 15) is 9.90 Å². The molecule has 1 aromatic heterocycles. The van der Waals surface area contributed by atoms with E-state index in [4.69, 9.17) is 0 Å². The lowest BCUT2D eigenvalue weighted by atomic mass is 10.1. The first kappa shape index (κ1) is 10.6. The Hall–Kier alpha value is -1.94. The molecule has 0 aliphatic heterocycles. The standard InChI is InChI=1S/C12H12N2O2/c15-11(10-4-2-1-3-5-10)8-14-9-13-7-6-12(14)16/h1-7,9,11,15H,8H2. The first-order valence-electron chi connectivity index (χ1n) is 5.01. The molecule has 0 saturated heterocycles. The van der Waals surface area contributed by atoms with Crippen LogP contribution in [0, 0.1) is 0 Å². The molecule has 0 saturated carbocycles. The largest absolute Gasteiger partial charge is 0.387 e. The Bertz CT molecular complexity index is 508. The summed E-state index contributed by atoms with van der Waals surface area (Å²) in [5.41, 5.74) is 0.628. The molecule has 0 fully saturated rings. The number of hydrogen-bond acceptors (Lipinski definition) is 3. The maximum atomic E-state index is 11.4. The Morgan fingerprint density at radius 3 is 2.69 bits per heavy atom. The van der Waals surface area contributed by atoms with Crippen molar-refractivity contribution in [1.29, 1.82) is 0 Å². The minimum absolute atomic E-state index is 0.162. The van der Waals surface area contributed by atoms with Gasteiger partial charge < -0.3 is 5.11 Å². The van der Waals surface area contributed by atoms with E-state index in [2.05, 4.69) is 4.98 Å². The molecule has 1 atom stereocenters. The third-order valence-electron chi connectivity index (χ3n) is 2.35. The molecule has 2 aromatic rings. The first-order chi connectivity index (χ1) is 7.77. The highest BCUT2D eigenvalue weighted by Crippen LogP contribution is 2.12. The third kappa shape index (κ3) is 2.35. The maximum Gasteiger partial charge on any atom is 0.253 e. The van der Waals surface area contributed by atoms with Crippen LogP contribution in [0.3, 0.4) is 0 Å². The molecule has 0 radical (unpaired) electrons. The second-order valence-electron chi connectivity index (χ2n) is 3.50. The minimum atomic E-state index is -0.692. The van der Waals surface area contributed by atoms with E-state index in [0.29, 0.717) is 0 Å². The predicted molar refractivity (Wildman–Crippen MR) is 59.9 cm³/mol. The van der Waals surface area contributed by atoms with Crippen molar-refractivity contribution in [3.8, 4) is 0 Å². The van der Waals surface area contributed by atoms with Gasteiger partial charge in [0.1, 0.15) is 0 Å². The van der Waals surface area contributed by atoms with Crippen molar-refractivity contribution in [1.82, 2.24) is 9.55 Å². The number of aromatic nitrogens is 2. The Balaban J connectivity index is 2.17. The predicted octanol–water partition coefficient (Wildman–Crippen LogP) is 0.977. The molecule has 0 spiro atoms. The summed E-state index contributed by atoms with van der Waals surface area (Å²) >= 11 is 0. The Kier molecular flexibility index (Phi) is 3.12. The van der Waals surface area contributed by atoms with Gasteiger partial charge >= 0.3 is 0 Å². The number of aliphatic hydroxyl groups excluding tert-OH is 1. The van der Waals surface area contributed by atoms with Crippen LogP contribution in [0.2, 0.25) is 0 Å². The van der Waals surface area contributed by atoms with Crippen LogP contribution in [-0.2, 0) is 6.54 Å². The van der Waals surface area contributed by atoms with E-state index in [1.807, 2.05) is 30.3 Å². The van der Waals surface area contributed by atoms with Crippen molar-refractivity contribution in [2.24, 2.45) is 0 Å². The number of hydrogen-bond donors (Lipinski definition) is 1. The summed E-state index contributed by atoms with van der Waals surface area (Å²) in [6.07, 6.45) is 2.17. The van der Waals surface area contributed by atoms with Gasteiger partial charge in [0.25, 0.3) is 5.56 Å². The van der Waals surface area contributed by atoms with Gasteiger partial charge in [-0.15, -0.1) is 0 Å². The second-order valence-corrected chi connectivity index (χ2v) is 3.50. The number of aliphatic hydroxyl groups is 1. The highest BCUT2D eigenvalue weighted by molar-refractivity contribution is 5.17. The zero-order chi connectivity index (χ0) is 11.4. The van der Waals surface area contributed by atoms with Gasteiger partial charge in [0, 0.05) is 12.3 Å². The molecule has 1 heterocycles. The van der Waals surface area contributed by atoms with Crippen LogP contribution in [0.25, 0.3) is 0 Å². The van der Waals surface area contributed by atoms with E-state index in [1.165, 1.54) is 23.2 Å². The van der Waals surface area contributed by atoms with Crippen LogP contribution in [-0.4, -0.2) is 14.7 Å². The van der Waals surface area contributed by atoms with Crippen molar-refractivity contribution < 1.29 is 5.11 Å². The van der Waals surface area contributed by atoms with Gasteiger partial charge in [0.2, 0.25) is 0 Å². The molecule has 16 heavy (non-hydrogen) atoms. The van der Waals surface area contributed by atoms with Crippen LogP contribution in [0.5, 0.6) is 0 Å². The topological polar surface area (TPSA) is 55.1 Å². The Labute approximate surface area is 92.8 Å². The SMILES string of the molecule is O=c1ccncn1CC(O)c1ccccc1. The molecule has 0 amide bonds. The summed E-state index contributed by atoms with van der Waals surface area (Å²) in [5, 5.41) is 9.91. The van der Waals surface area contributed by atoms with E-state index >= 15 is 0 Å². The van der Waals surface area contributed by atoms with Crippen molar-refractivity contribution >= 4 is 0 Å². The van der Waals surface area contributed by atoms with Gasteiger partial charge in [-0.05, 0) is 5.56 Å². The summed E-state index contributed by atoms with van der Waals surface area (Å²) in [6.45, 7) is 0.219. The quantitative estimate of drug-likeness (QED) is 0.832. The number of nitrogens with zero attached hydrogens (tertiary/aromatic N) is 2. The molecule has 0 aliphatic rings. The highest BCUT2D eigenvalue weighted by Gasteiger charge is 2.08. The summed E-state index contributed by atoms with van der Waals surface area (Å²) in [6, 6.07) is 10.6.